The molecule has 0 radical (unpaired) electrons. The molecular weight excluding hydrogens is 403 g/mol. The molecule has 30 heavy (non-hydrogen) atoms. The summed E-state index contributed by atoms with van der Waals surface area (Å²) in [5.74, 6) is -1.33. The van der Waals surface area contributed by atoms with Crippen LogP contribution in [0.4, 0.5) is 4.39 Å². The normalized spacial score (nSPS) is 14.2. The Hall–Kier alpha value is -3.13. The zero-order valence-corrected chi connectivity index (χ0v) is 17.0. The van der Waals surface area contributed by atoms with Crippen molar-refractivity contribution >= 4 is 23.3 Å². The van der Waals surface area contributed by atoms with Gasteiger partial charge < -0.3 is 10.2 Å². The van der Waals surface area contributed by atoms with Gasteiger partial charge in [-0.15, -0.1) is 5.10 Å². The molecular formula is C22H21FN4O2S. The maximum absolute atomic E-state index is 14.7. The lowest BCUT2D eigenvalue weighted by molar-refractivity contribution is -0.126. The zero-order valence-electron chi connectivity index (χ0n) is 16.2. The van der Waals surface area contributed by atoms with Crippen LogP contribution in [0.1, 0.15) is 40.5 Å². The maximum atomic E-state index is 14.7. The Morgan fingerprint density at radius 1 is 1.13 bits per heavy atom. The van der Waals surface area contributed by atoms with Gasteiger partial charge in [0.1, 0.15) is 11.9 Å². The van der Waals surface area contributed by atoms with Crippen molar-refractivity contribution in [3.63, 3.8) is 0 Å². The Bertz CT molecular complexity index is 1010. The summed E-state index contributed by atoms with van der Waals surface area (Å²) in [7, 11) is 0. The van der Waals surface area contributed by atoms with Gasteiger partial charge in [-0.05, 0) is 42.4 Å². The second-order valence-electron chi connectivity index (χ2n) is 7.18. The highest BCUT2D eigenvalue weighted by Crippen LogP contribution is 2.36. The molecule has 2 aromatic carbocycles. The Labute approximate surface area is 177 Å². The van der Waals surface area contributed by atoms with E-state index in [1.807, 2.05) is 30.3 Å². The number of nitrogens with zero attached hydrogens (tertiary/aromatic N) is 3. The smallest absolute Gasteiger partial charge is 0.276 e. The number of amides is 2. The highest BCUT2D eigenvalue weighted by atomic mass is 32.1. The molecule has 2 amide bonds. The van der Waals surface area contributed by atoms with E-state index in [1.54, 1.807) is 23.6 Å². The van der Waals surface area contributed by atoms with Crippen molar-refractivity contribution in [3.8, 4) is 0 Å². The first-order chi connectivity index (χ1) is 14.6. The molecule has 0 saturated heterocycles. The molecule has 3 aromatic rings. The van der Waals surface area contributed by atoms with Gasteiger partial charge in [0.2, 0.25) is 5.91 Å². The summed E-state index contributed by atoms with van der Waals surface area (Å²) in [6, 6.07) is 14.7. The summed E-state index contributed by atoms with van der Waals surface area (Å²) in [4.78, 5) is 27.8. The van der Waals surface area contributed by atoms with E-state index < -0.39 is 23.7 Å². The van der Waals surface area contributed by atoms with E-state index in [9.17, 15) is 14.0 Å². The predicted molar refractivity (Wildman–Crippen MR) is 111 cm³/mol. The number of hydrogen-bond acceptors (Lipinski definition) is 5. The minimum Gasteiger partial charge on any atom is -0.354 e. The average molecular weight is 425 g/mol. The number of carbonyl (C=O) groups is 2. The SMILES string of the molecule is O=C(NCCc1ccccc1)[C@H](c1ccccc1F)N(C(=O)c1csnn1)C1CC1. The van der Waals surface area contributed by atoms with Crippen molar-refractivity contribution in [2.75, 3.05) is 6.54 Å². The number of hydrogen-bond donors (Lipinski definition) is 1. The molecule has 0 spiro atoms. The number of carbonyl (C=O) groups excluding carboxylic acids is 2. The van der Waals surface area contributed by atoms with Gasteiger partial charge in [0, 0.05) is 23.5 Å². The van der Waals surface area contributed by atoms with Gasteiger partial charge in [-0.25, -0.2) is 4.39 Å². The highest BCUT2D eigenvalue weighted by Gasteiger charge is 2.43. The molecule has 0 unspecified atom stereocenters. The molecule has 1 fully saturated rings. The zero-order chi connectivity index (χ0) is 20.9. The standard InChI is InChI=1S/C22H21FN4O2S/c23-18-9-5-4-8-17(18)20(21(28)24-13-12-15-6-2-1-3-7-15)27(16-10-11-16)22(29)19-14-30-26-25-19/h1-9,14,16,20H,10-13H2,(H,24,28)/t20-/m0/s1. The third-order valence-electron chi connectivity index (χ3n) is 5.04. The van der Waals surface area contributed by atoms with Crippen molar-refractivity contribution in [1.82, 2.24) is 19.8 Å². The Balaban J connectivity index is 1.59. The van der Waals surface area contributed by atoms with Crippen LogP contribution in [0.3, 0.4) is 0 Å². The van der Waals surface area contributed by atoms with Gasteiger partial charge in [-0.1, -0.05) is 53.0 Å². The highest BCUT2D eigenvalue weighted by molar-refractivity contribution is 7.03. The number of rotatable bonds is 8. The topological polar surface area (TPSA) is 75.2 Å². The quantitative estimate of drug-likeness (QED) is 0.602. The van der Waals surface area contributed by atoms with Crippen molar-refractivity contribution < 1.29 is 14.0 Å². The summed E-state index contributed by atoms with van der Waals surface area (Å²) < 4.78 is 18.4. The minimum atomic E-state index is -1.07. The molecule has 1 N–H and O–H groups in total. The molecule has 0 aliphatic heterocycles. The van der Waals surface area contributed by atoms with E-state index >= 15 is 0 Å². The van der Waals surface area contributed by atoms with Crippen LogP contribution in [-0.2, 0) is 11.2 Å². The average Bonchev–Trinajstić information content (AvgIpc) is 3.44. The minimum absolute atomic E-state index is 0.122. The van der Waals surface area contributed by atoms with Crippen molar-refractivity contribution in [3.05, 3.63) is 82.6 Å². The van der Waals surface area contributed by atoms with Gasteiger partial charge in [-0.3, -0.25) is 9.59 Å². The van der Waals surface area contributed by atoms with E-state index in [0.29, 0.717) is 13.0 Å². The third-order valence-corrected chi connectivity index (χ3v) is 5.54. The van der Waals surface area contributed by atoms with Crippen LogP contribution in [-0.4, -0.2) is 38.9 Å². The van der Waals surface area contributed by atoms with Gasteiger partial charge in [-0.2, -0.15) is 0 Å². The van der Waals surface area contributed by atoms with Crippen LogP contribution < -0.4 is 5.32 Å². The maximum Gasteiger partial charge on any atom is 0.276 e. The molecule has 1 atom stereocenters. The number of aromatic nitrogens is 2. The fourth-order valence-electron chi connectivity index (χ4n) is 3.42. The van der Waals surface area contributed by atoms with Crippen molar-refractivity contribution in [2.24, 2.45) is 0 Å². The first-order valence-electron chi connectivity index (χ1n) is 9.81. The van der Waals surface area contributed by atoms with E-state index in [4.69, 9.17) is 0 Å². The van der Waals surface area contributed by atoms with Crippen molar-refractivity contribution in [1.29, 1.82) is 0 Å². The van der Waals surface area contributed by atoms with Crippen LogP contribution in [0.25, 0.3) is 0 Å². The molecule has 4 rings (SSSR count). The van der Waals surface area contributed by atoms with Crippen LogP contribution in [0, 0.1) is 5.82 Å². The predicted octanol–water partition coefficient (Wildman–Crippen LogP) is 3.38. The third kappa shape index (κ3) is 4.54. The molecule has 1 heterocycles. The summed E-state index contributed by atoms with van der Waals surface area (Å²) >= 11 is 1.06. The van der Waals surface area contributed by atoms with E-state index in [-0.39, 0.29) is 17.3 Å². The lowest BCUT2D eigenvalue weighted by Crippen LogP contribution is -2.45. The Morgan fingerprint density at radius 2 is 1.87 bits per heavy atom. The first kappa shape index (κ1) is 20.2. The van der Waals surface area contributed by atoms with Crippen LogP contribution >= 0.6 is 11.5 Å². The fraction of sp³-hybridized carbons (Fsp3) is 0.273. The van der Waals surface area contributed by atoms with Gasteiger partial charge in [0.25, 0.3) is 5.91 Å². The van der Waals surface area contributed by atoms with Gasteiger partial charge >= 0.3 is 0 Å². The number of halogens is 1. The summed E-state index contributed by atoms with van der Waals surface area (Å²) in [6.45, 7) is 0.388. The monoisotopic (exact) mass is 424 g/mol. The fourth-order valence-corrected chi connectivity index (χ4v) is 3.85. The molecule has 1 aromatic heterocycles. The second-order valence-corrected chi connectivity index (χ2v) is 7.79. The molecule has 1 saturated carbocycles. The van der Waals surface area contributed by atoms with Crippen LogP contribution in [0.15, 0.2) is 60.0 Å². The summed E-state index contributed by atoms with van der Waals surface area (Å²) in [6.07, 6.45) is 2.18. The molecule has 1 aliphatic carbocycles. The second kappa shape index (κ2) is 9.13. The first-order valence-corrected chi connectivity index (χ1v) is 10.6. The number of nitrogens with one attached hydrogen (secondary N) is 1. The van der Waals surface area contributed by atoms with Crippen LogP contribution in [0.2, 0.25) is 0 Å². The Morgan fingerprint density at radius 3 is 2.53 bits per heavy atom. The molecule has 154 valence electrons. The Kier molecular flexibility index (Phi) is 6.13. The van der Waals surface area contributed by atoms with E-state index in [1.165, 1.54) is 11.0 Å². The molecule has 8 heteroatoms. The van der Waals surface area contributed by atoms with Crippen LogP contribution in [0.5, 0.6) is 0 Å². The van der Waals surface area contributed by atoms with Crippen molar-refractivity contribution in [2.45, 2.75) is 31.3 Å². The van der Waals surface area contributed by atoms with E-state index in [0.717, 1.165) is 29.9 Å². The molecule has 1 aliphatic rings. The summed E-state index contributed by atoms with van der Waals surface area (Å²) in [5.41, 5.74) is 1.44. The molecule has 6 nitrogen and oxygen atoms in total. The lowest BCUT2D eigenvalue weighted by Gasteiger charge is -2.31. The number of benzene rings is 2. The molecule has 0 bridgehead atoms. The van der Waals surface area contributed by atoms with Gasteiger partial charge in [0.05, 0.1) is 0 Å². The van der Waals surface area contributed by atoms with Gasteiger partial charge in [0.15, 0.2) is 5.69 Å². The summed E-state index contributed by atoms with van der Waals surface area (Å²) in [5, 5.41) is 8.29. The lowest BCUT2D eigenvalue weighted by atomic mass is 10.0. The van der Waals surface area contributed by atoms with E-state index in [2.05, 4.69) is 14.9 Å². The largest absolute Gasteiger partial charge is 0.354 e.